The highest BCUT2D eigenvalue weighted by molar-refractivity contribution is 5.61. The SMILES string of the molecule is CCOc1cccc(-c2cc(CO)c(=O)n(CCOC)n2)c1. The van der Waals surface area contributed by atoms with Crippen LogP contribution in [0.15, 0.2) is 35.1 Å². The summed E-state index contributed by atoms with van der Waals surface area (Å²) in [6, 6.07) is 9.08. The van der Waals surface area contributed by atoms with Gasteiger partial charge in [0.1, 0.15) is 5.75 Å². The number of benzene rings is 1. The fraction of sp³-hybridized carbons (Fsp3) is 0.375. The van der Waals surface area contributed by atoms with Gasteiger partial charge in [0.15, 0.2) is 0 Å². The zero-order valence-corrected chi connectivity index (χ0v) is 12.8. The summed E-state index contributed by atoms with van der Waals surface area (Å²) in [4.78, 5) is 12.1. The third kappa shape index (κ3) is 3.72. The van der Waals surface area contributed by atoms with E-state index >= 15 is 0 Å². The van der Waals surface area contributed by atoms with E-state index in [9.17, 15) is 9.90 Å². The number of aromatic nitrogens is 2. The van der Waals surface area contributed by atoms with Crippen molar-refractivity contribution in [3.05, 3.63) is 46.2 Å². The molecule has 2 aromatic rings. The van der Waals surface area contributed by atoms with Crippen LogP contribution in [0.5, 0.6) is 5.75 Å². The predicted octanol–water partition coefficient (Wildman–Crippen LogP) is 1.45. The van der Waals surface area contributed by atoms with Gasteiger partial charge in [0.2, 0.25) is 0 Å². The van der Waals surface area contributed by atoms with E-state index in [1.54, 1.807) is 13.2 Å². The molecular weight excluding hydrogens is 284 g/mol. The first-order valence-electron chi connectivity index (χ1n) is 7.13. The molecular formula is C16H20N2O4. The number of rotatable bonds is 7. The van der Waals surface area contributed by atoms with Gasteiger partial charge in [0, 0.05) is 18.2 Å². The Hall–Kier alpha value is -2.18. The zero-order chi connectivity index (χ0) is 15.9. The van der Waals surface area contributed by atoms with Gasteiger partial charge in [-0.3, -0.25) is 4.79 Å². The van der Waals surface area contributed by atoms with Crippen molar-refractivity contribution in [2.24, 2.45) is 0 Å². The van der Waals surface area contributed by atoms with Crippen molar-refractivity contribution < 1.29 is 14.6 Å². The Morgan fingerprint density at radius 2 is 2.14 bits per heavy atom. The molecule has 0 aliphatic heterocycles. The third-order valence-electron chi connectivity index (χ3n) is 3.17. The molecule has 0 unspecified atom stereocenters. The van der Waals surface area contributed by atoms with Crippen LogP contribution < -0.4 is 10.3 Å². The molecule has 1 aromatic carbocycles. The summed E-state index contributed by atoms with van der Waals surface area (Å²) >= 11 is 0. The number of aliphatic hydroxyl groups excluding tert-OH is 1. The van der Waals surface area contributed by atoms with Gasteiger partial charge in [0.05, 0.1) is 32.1 Å². The molecule has 2 rings (SSSR count). The molecule has 0 aliphatic carbocycles. The number of methoxy groups -OCH3 is 1. The molecule has 1 aromatic heterocycles. The lowest BCUT2D eigenvalue weighted by Crippen LogP contribution is -2.28. The van der Waals surface area contributed by atoms with Crippen molar-refractivity contribution >= 4 is 0 Å². The van der Waals surface area contributed by atoms with Gasteiger partial charge in [0.25, 0.3) is 5.56 Å². The average molecular weight is 304 g/mol. The summed E-state index contributed by atoms with van der Waals surface area (Å²) in [5.41, 5.74) is 1.44. The Morgan fingerprint density at radius 1 is 1.32 bits per heavy atom. The standard InChI is InChI=1S/C16H20N2O4/c1-3-22-14-6-4-5-12(9-14)15-10-13(11-19)16(20)18(17-15)7-8-21-2/h4-6,9-10,19H,3,7-8,11H2,1-2H3. The van der Waals surface area contributed by atoms with Gasteiger partial charge in [-0.1, -0.05) is 12.1 Å². The Labute approximate surface area is 128 Å². The zero-order valence-electron chi connectivity index (χ0n) is 12.8. The van der Waals surface area contributed by atoms with Crippen LogP contribution in [0.2, 0.25) is 0 Å². The molecule has 22 heavy (non-hydrogen) atoms. The molecule has 0 saturated heterocycles. The minimum atomic E-state index is -0.327. The van der Waals surface area contributed by atoms with Crippen LogP contribution in [0.3, 0.4) is 0 Å². The van der Waals surface area contributed by atoms with Gasteiger partial charge in [-0.25, -0.2) is 4.68 Å². The van der Waals surface area contributed by atoms with E-state index in [1.807, 2.05) is 31.2 Å². The van der Waals surface area contributed by atoms with E-state index < -0.39 is 0 Å². The minimum Gasteiger partial charge on any atom is -0.494 e. The summed E-state index contributed by atoms with van der Waals surface area (Å²) in [6.07, 6.45) is 0. The lowest BCUT2D eigenvalue weighted by atomic mass is 10.1. The minimum absolute atomic E-state index is 0.302. The monoisotopic (exact) mass is 304 g/mol. The van der Waals surface area contributed by atoms with E-state index in [-0.39, 0.29) is 12.2 Å². The normalized spacial score (nSPS) is 10.7. The quantitative estimate of drug-likeness (QED) is 0.838. The van der Waals surface area contributed by atoms with Crippen LogP contribution in [-0.2, 0) is 17.9 Å². The van der Waals surface area contributed by atoms with E-state index in [0.29, 0.717) is 31.0 Å². The number of hydrogen-bond donors (Lipinski definition) is 1. The molecule has 0 aliphatic rings. The van der Waals surface area contributed by atoms with Crippen LogP contribution in [0.25, 0.3) is 11.3 Å². The molecule has 6 nitrogen and oxygen atoms in total. The Bertz CT molecular complexity index is 682. The fourth-order valence-corrected chi connectivity index (χ4v) is 2.09. The van der Waals surface area contributed by atoms with Crippen LogP contribution in [-0.4, -0.2) is 35.2 Å². The van der Waals surface area contributed by atoms with Crippen molar-refractivity contribution in [1.82, 2.24) is 9.78 Å². The van der Waals surface area contributed by atoms with Gasteiger partial charge in [-0.2, -0.15) is 5.10 Å². The van der Waals surface area contributed by atoms with E-state index in [2.05, 4.69) is 5.10 Å². The van der Waals surface area contributed by atoms with Crippen molar-refractivity contribution in [3.63, 3.8) is 0 Å². The Kier molecular flexibility index (Phi) is 5.68. The van der Waals surface area contributed by atoms with Gasteiger partial charge in [-0.05, 0) is 25.1 Å². The molecule has 1 heterocycles. The molecule has 6 heteroatoms. The maximum Gasteiger partial charge on any atom is 0.272 e. The topological polar surface area (TPSA) is 73.6 Å². The molecule has 0 atom stereocenters. The highest BCUT2D eigenvalue weighted by atomic mass is 16.5. The number of hydrogen-bond acceptors (Lipinski definition) is 5. The van der Waals surface area contributed by atoms with Crippen LogP contribution in [0, 0.1) is 0 Å². The number of aliphatic hydroxyl groups is 1. The van der Waals surface area contributed by atoms with Crippen LogP contribution >= 0.6 is 0 Å². The second-order valence-corrected chi connectivity index (χ2v) is 4.69. The van der Waals surface area contributed by atoms with Crippen molar-refractivity contribution in [2.45, 2.75) is 20.1 Å². The first kappa shape index (κ1) is 16.2. The lowest BCUT2D eigenvalue weighted by Gasteiger charge is -2.10. The molecule has 1 N–H and O–H groups in total. The number of ether oxygens (including phenoxy) is 2. The average Bonchev–Trinajstić information content (AvgIpc) is 2.54. The molecule has 0 amide bonds. The maximum absolute atomic E-state index is 12.1. The summed E-state index contributed by atoms with van der Waals surface area (Å²) in [7, 11) is 1.56. The predicted molar refractivity (Wildman–Crippen MR) is 82.9 cm³/mol. The molecule has 0 fully saturated rings. The van der Waals surface area contributed by atoms with Gasteiger partial charge >= 0.3 is 0 Å². The van der Waals surface area contributed by atoms with Gasteiger partial charge < -0.3 is 14.6 Å². The smallest absolute Gasteiger partial charge is 0.272 e. The van der Waals surface area contributed by atoms with Crippen molar-refractivity contribution in [2.75, 3.05) is 20.3 Å². The van der Waals surface area contributed by atoms with Crippen molar-refractivity contribution in [3.8, 4) is 17.0 Å². The first-order valence-corrected chi connectivity index (χ1v) is 7.13. The molecule has 118 valence electrons. The van der Waals surface area contributed by atoms with Crippen LogP contribution in [0.1, 0.15) is 12.5 Å². The Morgan fingerprint density at radius 3 is 2.82 bits per heavy atom. The highest BCUT2D eigenvalue weighted by Gasteiger charge is 2.10. The number of nitrogens with zero attached hydrogens (tertiary/aromatic N) is 2. The van der Waals surface area contributed by atoms with E-state index in [0.717, 1.165) is 11.3 Å². The third-order valence-corrected chi connectivity index (χ3v) is 3.17. The molecule has 0 bridgehead atoms. The molecule has 0 saturated carbocycles. The van der Waals surface area contributed by atoms with E-state index in [1.165, 1.54) is 4.68 Å². The second kappa shape index (κ2) is 7.72. The first-order chi connectivity index (χ1) is 10.7. The summed E-state index contributed by atoms with van der Waals surface area (Å²) in [5, 5.41) is 13.7. The molecule has 0 spiro atoms. The van der Waals surface area contributed by atoms with E-state index in [4.69, 9.17) is 9.47 Å². The van der Waals surface area contributed by atoms with Gasteiger partial charge in [-0.15, -0.1) is 0 Å². The van der Waals surface area contributed by atoms with Crippen LogP contribution in [0.4, 0.5) is 0 Å². The second-order valence-electron chi connectivity index (χ2n) is 4.69. The largest absolute Gasteiger partial charge is 0.494 e. The fourth-order valence-electron chi connectivity index (χ4n) is 2.09. The highest BCUT2D eigenvalue weighted by Crippen LogP contribution is 2.22. The van der Waals surface area contributed by atoms with Crippen molar-refractivity contribution in [1.29, 1.82) is 0 Å². The lowest BCUT2D eigenvalue weighted by molar-refractivity contribution is 0.181. The summed E-state index contributed by atoms with van der Waals surface area (Å²) < 4.78 is 11.8. The maximum atomic E-state index is 12.1. The summed E-state index contributed by atoms with van der Waals surface area (Å²) in [6.45, 7) is 2.87. The molecule has 0 radical (unpaired) electrons. The Balaban J connectivity index is 2.45. The summed E-state index contributed by atoms with van der Waals surface area (Å²) in [5.74, 6) is 0.738.